The number of piperazine rings is 1. The average molecular weight is 470 g/mol. The van der Waals surface area contributed by atoms with Crippen LogP contribution in [0.15, 0.2) is 60.9 Å². The normalized spacial score (nSPS) is 14.3. The second kappa shape index (κ2) is 8.49. The van der Waals surface area contributed by atoms with Gasteiger partial charge in [0.15, 0.2) is 0 Å². The van der Waals surface area contributed by atoms with Crippen LogP contribution >= 0.6 is 11.3 Å². The number of benzene rings is 2. The van der Waals surface area contributed by atoms with Gasteiger partial charge in [-0.25, -0.2) is 14.6 Å². The standard InChI is InChI=1S/C25H23N7OS/c1-2-19-15-20-23(26-16-27-24(20)34-19)30-10-12-31(13-11-30)25(33)17-6-5-7-18(14-17)32-22-9-4-3-8-21(22)28-29-32/h3-9,14-16H,2,10-13H2,1H3. The van der Waals surface area contributed by atoms with Gasteiger partial charge in [-0.05, 0) is 42.8 Å². The molecule has 1 amide bonds. The molecule has 8 nitrogen and oxygen atoms in total. The first-order chi connectivity index (χ1) is 16.7. The van der Waals surface area contributed by atoms with Gasteiger partial charge in [0.2, 0.25) is 0 Å². The summed E-state index contributed by atoms with van der Waals surface area (Å²) in [6.45, 7) is 4.92. The predicted octanol–water partition coefficient (Wildman–Crippen LogP) is 3.95. The Morgan fingerprint density at radius 3 is 2.71 bits per heavy atom. The number of carbonyl (C=O) groups is 1. The lowest BCUT2D eigenvalue weighted by Gasteiger charge is -2.35. The van der Waals surface area contributed by atoms with Crippen LogP contribution < -0.4 is 4.90 Å². The maximum Gasteiger partial charge on any atom is 0.254 e. The van der Waals surface area contributed by atoms with E-state index in [1.807, 2.05) is 53.4 Å². The third-order valence-electron chi connectivity index (χ3n) is 6.26. The minimum absolute atomic E-state index is 0.0301. The van der Waals surface area contributed by atoms with E-state index in [2.05, 4.69) is 38.2 Å². The number of para-hydroxylation sites is 1. The second-order valence-corrected chi connectivity index (χ2v) is 9.42. The first kappa shape index (κ1) is 20.7. The molecule has 0 spiro atoms. The lowest BCUT2D eigenvalue weighted by Crippen LogP contribution is -2.49. The van der Waals surface area contributed by atoms with Gasteiger partial charge >= 0.3 is 0 Å². The van der Waals surface area contributed by atoms with E-state index >= 15 is 0 Å². The van der Waals surface area contributed by atoms with Gasteiger partial charge < -0.3 is 9.80 Å². The Morgan fingerprint density at radius 2 is 1.85 bits per heavy atom. The SMILES string of the molecule is CCc1cc2c(N3CCN(C(=O)c4cccc(-n5nnc6ccccc65)c4)CC3)ncnc2s1. The molecule has 9 heteroatoms. The molecule has 5 aromatic rings. The molecule has 170 valence electrons. The van der Waals surface area contributed by atoms with E-state index in [-0.39, 0.29) is 5.91 Å². The molecule has 1 fully saturated rings. The maximum absolute atomic E-state index is 13.3. The highest BCUT2D eigenvalue weighted by molar-refractivity contribution is 7.18. The van der Waals surface area contributed by atoms with Crippen molar-refractivity contribution in [3.8, 4) is 5.69 Å². The van der Waals surface area contributed by atoms with Crippen molar-refractivity contribution in [3.63, 3.8) is 0 Å². The summed E-state index contributed by atoms with van der Waals surface area (Å²) in [5.74, 6) is 0.996. The summed E-state index contributed by atoms with van der Waals surface area (Å²) in [4.78, 5) is 28.8. The molecule has 0 radical (unpaired) electrons. The monoisotopic (exact) mass is 469 g/mol. The first-order valence-electron chi connectivity index (χ1n) is 11.4. The van der Waals surface area contributed by atoms with Gasteiger partial charge in [-0.1, -0.05) is 30.3 Å². The maximum atomic E-state index is 13.3. The summed E-state index contributed by atoms with van der Waals surface area (Å²) in [7, 11) is 0. The van der Waals surface area contributed by atoms with Crippen molar-refractivity contribution in [1.29, 1.82) is 0 Å². The van der Waals surface area contributed by atoms with Crippen molar-refractivity contribution < 1.29 is 4.79 Å². The Morgan fingerprint density at radius 1 is 1.00 bits per heavy atom. The quantitative estimate of drug-likeness (QED) is 0.397. The zero-order chi connectivity index (χ0) is 23.1. The fourth-order valence-electron chi connectivity index (χ4n) is 4.45. The van der Waals surface area contributed by atoms with Gasteiger partial charge in [-0.15, -0.1) is 16.4 Å². The largest absolute Gasteiger partial charge is 0.352 e. The fourth-order valence-corrected chi connectivity index (χ4v) is 5.38. The molecule has 1 aliphatic rings. The highest BCUT2D eigenvalue weighted by Crippen LogP contribution is 2.31. The zero-order valence-corrected chi connectivity index (χ0v) is 19.6. The van der Waals surface area contributed by atoms with Crippen molar-refractivity contribution in [1.82, 2.24) is 29.9 Å². The van der Waals surface area contributed by atoms with Crippen LogP contribution in [0.25, 0.3) is 26.9 Å². The van der Waals surface area contributed by atoms with E-state index in [0.29, 0.717) is 18.7 Å². The molecular weight excluding hydrogens is 446 g/mol. The molecule has 0 aliphatic carbocycles. The van der Waals surface area contributed by atoms with E-state index < -0.39 is 0 Å². The first-order valence-corrected chi connectivity index (χ1v) is 12.2. The molecular formula is C25H23N7OS. The minimum Gasteiger partial charge on any atom is -0.352 e. The van der Waals surface area contributed by atoms with Gasteiger partial charge in [0.1, 0.15) is 22.5 Å². The van der Waals surface area contributed by atoms with Crippen LogP contribution in [0.5, 0.6) is 0 Å². The van der Waals surface area contributed by atoms with Crippen LogP contribution in [0.3, 0.4) is 0 Å². The van der Waals surface area contributed by atoms with Crippen molar-refractivity contribution >= 4 is 44.3 Å². The number of rotatable bonds is 4. The van der Waals surface area contributed by atoms with E-state index in [1.54, 1.807) is 22.3 Å². The number of amides is 1. The Hall–Kier alpha value is -3.85. The molecule has 0 bridgehead atoms. The van der Waals surface area contributed by atoms with Crippen LogP contribution in [-0.2, 0) is 6.42 Å². The summed E-state index contributed by atoms with van der Waals surface area (Å²) >= 11 is 1.73. The number of thiophene rings is 1. The van der Waals surface area contributed by atoms with Crippen LogP contribution in [0.1, 0.15) is 22.2 Å². The van der Waals surface area contributed by atoms with Gasteiger partial charge in [0, 0.05) is 36.6 Å². The third kappa shape index (κ3) is 3.58. The molecule has 0 saturated carbocycles. The summed E-state index contributed by atoms with van der Waals surface area (Å²) < 4.78 is 1.77. The lowest BCUT2D eigenvalue weighted by atomic mass is 10.1. The Bertz CT molecular complexity index is 1500. The summed E-state index contributed by atoms with van der Waals surface area (Å²) in [5, 5.41) is 9.61. The van der Waals surface area contributed by atoms with E-state index in [4.69, 9.17) is 0 Å². The third-order valence-corrected chi connectivity index (χ3v) is 7.45. The van der Waals surface area contributed by atoms with Crippen LogP contribution in [0.2, 0.25) is 0 Å². The molecule has 6 rings (SSSR count). The Kier molecular flexibility index (Phi) is 5.18. The van der Waals surface area contributed by atoms with Crippen LogP contribution in [0.4, 0.5) is 5.82 Å². The van der Waals surface area contributed by atoms with Gasteiger partial charge in [0.05, 0.1) is 16.6 Å². The number of anilines is 1. The molecule has 4 heterocycles. The number of aromatic nitrogens is 5. The van der Waals surface area contributed by atoms with Crippen molar-refractivity contribution in [2.45, 2.75) is 13.3 Å². The molecule has 34 heavy (non-hydrogen) atoms. The predicted molar refractivity (Wildman–Crippen MR) is 134 cm³/mol. The molecule has 1 aliphatic heterocycles. The van der Waals surface area contributed by atoms with Gasteiger partial charge in [-0.3, -0.25) is 4.79 Å². The highest BCUT2D eigenvalue weighted by atomic mass is 32.1. The number of nitrogens with zero attached hydrogens (tertiary/aromatic N) is 7. The molecule has 0 unspecified atom stereocenters. The molecule has 1 saturated heterocycles. The summed E-state index contributed by atoms with van der Waals surface area (Å²) in [5.41, 5.74) is 3.22. The number of hydrogen-bond donors (Lipinski definition) is 0. The number of carbonyl (C=O) groups excluding carboxylic acids is 1. The molecule has 2 aromatic carbocycles. The molecule has 3 aromatic heterocycles. The van der Waals surface area contributed by atoms with Crippen molar-refractivity contribution in [2.24, 2.45) is 0 Å². The van der Waals surface area contributed by atoms with E-state index in [9.17, 15) is 4.79 Å². The van der Waals surface area contributed by atoms with Crippen LogP contribution in [-0.4, -0.2) is 61.9 Å². The van der Waals surface area contributed by atoms with Crippen molar-refractivity contribution in [2.75, 3.05) is 31.1 Å². The molecule has 0 N–H and O–H groups in total. The van der Waals surface area contributed by atoms with Gasteiger partial charge in [-0.2, -0.15) is 0 Å². The van der Waals surface area contributed by atoms with Crippen molar-refractivity contribution in [3.05, 3.63) is 71.4 Å². The summed E-state index contributed by atoms with van der Waals surface area (Å²) in [6, 6.07) is 17.6. The van der Waals surface area contributed by atoms with E-state index in [0.717, 1.165) is 52.3 Å². The Balaban J connectivity index is 1.20. The topological polar surface area (TPSA) is 80.0 Å². The summed E-state index contributed by atoms with van der Waals surface area (Å²) in [6.07, 6.45) is 2.64. The lowest BCUT2D eigenvalue weighted by molar-refractivity contribution is 0.0746. The number of aryl methyl sites for hydroxylation is 1. The molecule has 0 atom stereocenters. The average Bonchev–Trinajstić information content (AvgIpc) is 3.52. The van der Waals surface area contributed by atoms with Gasteiger partial charge in [0.25, 0.3) is 5.91 Å². The fraction of sp³-hybridized carbons (Fsp3) is 0.240. The minimum atomic E-state index is 0.0301. The van der Waals surface area contributed by atoms with E-state index in [1.165, 1.54) is 4.88 Å². The number of hydrogen-bond acceptors (Lipinski definition) is 7. The van der Waals surface area contributed by atoms with Crippen LogP contribution in [0, 0.1) is 0 Å². The smallest absolute Gasteiger partial charge is 0.254 e. The highest BCUT2D eigenvalue weighted by Gasteiger charge is 2.25. The number of fused-ring (bicyclic) bond motifs is 2. The zero-order valence-electron chi connectivity index (χ0n) is 18.8. The second-order valence-electron chi connectivity index (χ2n) is 8.30. The Labute approximate surface area is 200 Å².